The summed E-state index contributed by atoms with van der Waals surface area (Å²) in [5.74, 6) is 2.29. The number of imidazole rings is 1. The van der Waals surface area contributed by atoms with E-state index in [1.165, 1.54) is 24.0 Å². The predicted molar refractivity (Wildman–Crippen MR) is 131 cm³/mol. The van der Waals surface area contributed by atoms with E-state index in [1.807, 2.05) is 17.6 Å². The van der Waals surface area contributed by atoms with Crippen LogP contribution < -0.4 is 0 Å². The number of hydrogen-bond acceptors (Lipinski definition) is 6. The van der Waals surface area contributed by atoms with Gasteiger partial charge in [0.2, 0.25) is 10.0 Å². The van der Waals surface area contributed by atoms with Crippen molar-refractivity contribution in [2.24, 2.45) is 0 Å². The summed E-state index contributed by atoms with van der Waals surface area (Å²) in [6.45, 7) is 6.92. The van der Waals surface area contributed by atoms with Crippen LogP contribution in [0.3, 0.4) is 0 Å². The number of nitrogens with zero attached hydrogens (tertiary/aromatic N) is 6. The maximum Gasteiger partial charge on any atom is 0.242 e. The summed E-state index contributed by atoms with van der Waals surface area (Å²) in [5, 5.41) is 9.45. The van der Waals surface area contributed by atoms with Gasteiger partial charge in [0.25, 0.3) is 0 Å². The summed E-state index contributed by atoms with van der Waals surface area (Å²) >= 11 is 1.57. The summed E-state index contributed by atoms with van der Waals surface area (Å²) in [5.41, 5.74) is 3.83. The van der Waals surface area contributed by atoms with Crippen LogP contribution in [0.1, 0.15) is 30.6 Å². The van der Waals surface area contributed by atoms with E-state index >= 15 is 0 Å². The van der Waals surface area contributed by atoms with E-state index in [2.05, 4.69) is 52.9 Å². The zero-order valence-corrected chi connectivity index (χ0v) is 21.1. The van der Waals surface area contributed by atoms with Gasteiger partial charge in [-0.15, -0.1) is 10.2 Å². The summed E-state index contributed by atoms with van der Waals surface area (Å²) in [6.07, 6.45) is 0.944. The quantitative estimate of drug-likeness (QED) is 0.349. The van der Waals surface area contributed by atoms with Gasteiger partial charge in [-0.3, -0.25) is 4.57 Å². The Morgan fingerprint density at radius 3 is 2.42 bits per heavy atom. The Balaban J connectivity index is 1.68. The third kappa shape index (κ3) is 4.55. The summed E-state index contributed by atoms with van der Waals surface area (Å²) in [6, 6.07) is 13.4. The minimum absolute atomic E-state index is 0.245. The van der Waals surface area contributed by atoms with E-state index in [0.29, 0.717) is 11.3 Å². The maximum absolute atomic E-state index is 12.6. The number of thioether (sulfide) groups is 1. The molecule has 0 amide bonds. The molecule has 0 saturated heterocycles. The molecule has 0 radical (unpaired) electrons. The largest absolute Gasteiger partial charge is 0.327 e. The molecule has 4 rings (SSSR count). The Bertz CT molecular complexity index is 1390. The minimum Gasteiger partial charge on any atom is -0.327 e. The van der Waals surface area contributed by atoms with Crippen LogP contribution in [-0.4, -0.2) is 51.1 Å². The van der Waals surface area contributed by atoms with Gasteiger partial charge in [0.1, 0.15) is 11.6 Å². The lowest BCUT2D eigenvalue weighted by Crippen LogP contribution is -2.22. The van der Waals surface area contributed by atoms with Crippen molar-refractivity contribution in [1.82, 2.24) is 28.6 Å². The molecule has 0 fully saturated rings. The highest BCUT2D eigenvalue weighted by Gasteiger charge is 2.20. The predicted octanol–water partition coefficient (Wildman–Crippen LogP) is 4.19. The summed E-state index contributed by atoms with van der Waals surface area (Å²) in [4.78, 5) is 5.05. The summed E-state index contributed by atoms with van der Waals surface area (Å²) in [7, 11) is -0.456. The molecule has 10 heteroatoms. The molecule has 0 aliphatic heterocycles. The molecule has 33 heavy (non-hydrogen) atoms. The number of hydrogen-bond donors (Lipinski definition) is 0. The van der Waals surface area contributed by atoms with Crippen LogP contribution in [-0.2, 0) is 22.3 Å². The number of aryl methyl sites for hydroxylation is 3. The van der Waals surface area contributed by atoms with E-state index in [4.69, 9.17) is 4.98 Å². The zero-order chi connectivity index (χ0) is 23.8. The van der Waals surface area contributed by atoms with Crippen LogP contribution >= 0.6 is 11.8 Å². The van der Waals surface area contributed by atoms with Crippen molar-refractivity contribution >= 4 is 32.8 Å². The first-order valence-corrected chi connectivity index (χ1v) is 13.2. The van der Waals surface area contributed by atoms with Gasteiger partial charge >= 0.3 is 0 Å². The fourth-order valence-corrected chi connectivity index (χ4v) is 5.54. The molecule has 2 aromatic carbocycles. The van der Waals surface area contributed by atoms with Gasteiger partial charge in [-0.2, -0.15) is 0 Å². The lowest BCUT2D eigenvalue weighted by molar-refractivity contribution is 0.521. The van der Waals surface area contributed by atoms with Gasteiger partial charge in [0.05, 0.1) is 21.7 Å². The molecule has 2 heterocycles. The molecule has 0 aliphatic carbocycles. The molecule has 0 N–H and O–H groups in total. The molecular weight excluding hydrogens is 456 g/mol. The molecular formula is C23H28N6O2S2. The van der Waals surface area contributed by atoms with Crippen LogP contribution in [0.15, 0.2) is 52.5 Å². The normalized spacial score (nSPS) is 12.2. The second-order valence-corrected chi connectivity index (χ2v) is 11.2. The smallest absolute Gasteiger partial charge is 0.242 e. The van der Waals surface area contributed by atoms with E-state index in [-0.39, 0.29) is 4.90 Å². The lowest BCUT2D eigenvalue weighted by atomic mass is 10.2. The molecule has 0 bridgehead atoms. The summed E-state index contributed by atoms with van der Waals surface area (Å²) < 4.78 is 30.6. The second-order valence-electron chi connectivity index (χ2n) is 8.11. The van der Waals surface area contributed by atoms with Gasteiger partial charge in [-0.05, 0) is 50.6 Å². The molecule has 4 aromatic rings. The zero-order valence-electron chi connectivity index (χ0n) is 19.5. The topological polar surface area (TPSA) is 85.9 Å². The SMILES string of the molecule is CCCn1c(CSc2nnc(C)n2-c2ccc(C)cc2)nc2cc(S(=O)(=O)N(C)C)ccc21. The lowest BCUT2D eigenvalue weighted by Gasteiger charge is -2.11. The van der Waals surface area contributed by atoms with E-state index in [9.17, 15) is 8.42 Å². The first kappa shape index (κ1) is 23.5. The number of benzene rings is 2. The number of fused-ring (bicyclic) bond motifs is 1. The Kier molecular flexibility index (Phi) is 6.60. The van der Waals surface area contributed by atoms with Gasteiger partial charge in [-0.25, -0.2) is 17.7 Å². The van der Waals surface area contributed by atoms with Gasteiger partial charge in [0, 0.05) is 26.3 Å². The Labute approximate surface area is 198 Å². The van der Waals surface area contributed by atoms with E-state index in [0.717, 1.165) is 41.0 Å². The van der Waals surface area contributed by atoms with Crippen molar-refractivity contribution in [3.05, 3.63) is 59.7 Å². The van der Waals surface area contributed by atoms with Crippen LogP contribution in [0, 0.1) is 13.8 Å². The molecule has 0 unspecified atom stereocenters. The van der Waals surface area contributed by atoms with Gasteiger partial charge in [-0.1, -0.05) is 36.4 Å². The molecule has 0 atom stereocenters. The fraction of sp³-hybridized carbons (Fsp3) is 0.348. The highest BCUT2D eigenvalue weighted by atomic mass is 32.2. The highest BCUT2D eigenvalue weighted by Crippen LogP contribution is 2.28. The van der Waals surface area contributed by atoms with Crippen LogP contribution in [0.2, 0.25) is 0 Å². The third-order valence-electron chi connectivity index (χ3n) is 5.44. The van der Waals surface area contributed by atoms with Crippen molar-refractivity contribution in [3.8, 4) is 5.69 Å². The van der Waals surface area contributed by atoms with Crippen LogP contribution in [0.4, 0.5) is 0 Å². The van der Waals surface area contributed by atoms with Crippen molar-refractivity contribution < 1.29 is 8.42 Å². The standard InChI is InChI=1S/C23H28N6O2S2/c1-6-13-28-21-12-11-19(33(30,31)27(4)5)14-20(21)24-22(28)15-32-23-26-25-17(3)29(23)18-9-7-16(2)8-10-18/h7-12,14H,6,13,15H2,1-5H3. The Hall–Kier alpha value is -2.69. The van der Waals surface area contributed by atoms with Gasteiger partial charge < -0.3 is 4.57 Å². The molecule has 8 nitrogen and oxygen atoms in total. The minimum atomic E-state index is -3.52. The first-order chi connectivity index (χ1) is 15.7. The number of rotatable bonds is 8. The van der Waals surface area contributed by atoms with Crippen molar-refractivity contribution in [1.29, 1.82) is 0 Å². The van der Waals surface area contributed by atoms with Crippen LogP contribution in [0.5, 0.6) is 0 Å². The third-order valence-corrected chi connectivity index (χ3v) is 8.18. The Morgan fingerprint density at radius 2 is 1.76 bits per heavy atom. The van der Waals surface area contributed by atoms with Gasteiger partial charge in [0.15, 0.2) is 5.16 Å². The molecule has 2 aromatic heterocycles. The Morgan fingerprint density at radius 1 is 1.03 bits per heavy atom. The number of aromatic nitrogens is 5. The van der Waals surface area contributed by atoms with E-state index in [1.54, 1.807) is 23.9 Å². The highest BCUT2D eigenvalue weighted by molar-refractivity contribution is 7.98. The second kappa shape index (κ2) is 9.28. The first-order valence-electron chi connectivity index (χ1n) is 10.8. The number of sulfonamides is 1. The maximum atomic E-state index is 12.6. The molecule has 0 spiro atoms. The van der Waals surface area contributed by atoms with Crippen molar-refractivity contribution in [2.75, 3.05) is 14.1 Å². The van der Waals surface area contributed by atoms with Crippen molar-refractivity contribution in [2.45, 2.75) is 49.5 Å². The van der Waals surface area contributed by atoms with Crippen LogP contribution in [0.25, 0.3) is 16.7 Å². The van der Waals surface area contributed by atoms with Crippen molar-refractivity contribution in [3.63, 3.8) is 0 Å². The van der Waals surface area contributed by atoms with E-state index < -0.39 is 10.0 Å². The molecule has 174 valence electrons. The average Bonchev–Trinajstić information content (AvgIpc) is 3.32. The molecule has 0 aliphatic rings. The monoisotopic (exact) mass is 484 g/mol. The fourth-order valence-electron chi connectivity index (χ4n) is 3.67. The average molecular weight is 485 g/mol. The molecule has 0 saturated carbocycles.